The number of imide groups is 1. The Bertz CT molecular complexity index is 1140. The van der Waals surface area contributed by atoms with Crippen LogP contribution in [0.25, 0.3) is 0 Å². The Labute approximate surface area is 186 Å². The summed E-state index contributed by atoms with van der Waals surface area (Å²) in [6.07, 6.45) is 0. The molecule has 4 amide bonds. The Morgan fingerprint density at radius 1 is 1.16 bits per heavy atom. The minimum atomic E-state index is -3.86. The number of nitrogens with zero attached hydrogens (tertiary/aromatic N) is 2. The molecule has 0 saturated carbocycles. The van der Waals surface area contributed by atoms with E-state index in [1.165, 1.54) is 35.7 Å². The van der Waals surface area contributed by atoms with Crippen molar-refractivity contribution in [3.05, 3.63) is 48.0 Å². The summed E-state index contributed by atoms with van der Waals surface area (Å²) in [6.45, 7) is 3.90. The zero-order valence-corrected chi connectivity index (χ0v) is 18.7. The van der Waals surface area contributed by atoms with Crippen LogP contribution in [0.2, 0.25) is 0 Å². The van der Waals surface area contributed by atoms with Gasteiger partial charge in [-0.25, -0.2) is 18.1 Å². The highest BCUT2D eigenvalue weighted by Gasteiger charge is 2.30. The smallest absolute Gasteiger partial charge is 0.329 e. The summed E-state index contributed by atoms with van der Waals surface area (Å²) in [4.78, 5) is 37.5. The lowest BCUT2D eigenvalue weighted by Crippen LogP contribution is -2.31. The molecular formula is C21H24N4O6S. The number of methoxy groups -OCH3 is 1. The highest BCUT2D eigenvalue weighted by atomic mass is 32.2. The van der Waals surface area contributed by atoms with Crippen molar-refractivity contribution in [2.45, 2.75) is 18.7 Å². The first-order valence-corrected chi connectivity index (χ1v) is 11.4. The van der Waals surface area contributed by atoms with Crippen LogP contribution in [0, 0.1) is 0 Å². The molecule has 1 aliphatic rings. The van der Waals surface area contributed by atoms with Crippen LogP contribution in [-0.4, -0.2) is 57.3 Å². The lowest BCUT2D eigenvalue weighted by molar-refractivity contribution is -0.115. The van der Waals surface area contributed by atoms with E-state index in [0.717, 1.165) is 4.90 Å². The average Bonchev–Trinajstić information content (AvgIpc) is 3.12. The van der Waals surface area contributed by atoms with Crippen LogP contribution in [0.3, 0.4) is 0 Å². The Morgan fingerprint density at radius 2 is 1.88 bits per heavy atom. The van der Waals surface area contributed by atoms with Gasteiger partial charge in [0.05, 0.1) is 19.3 Å². The number of anilines is 2. The quantitative estimate of drug-likeness (QED) is 0.581. The summed E-state index contributed by atoms with van der Waals surface area (Å²) in [5.74, 6) is -0.827. The second kappa shape index (κ2) is 9.37. The molecule has 0 radical (unpaired) electrons. The summed E-state index contributed by atoms with van der Waals surface area (Å²) in [6, 6.07) is 9.85. The predicted octanol–water partition coefficient (Wildman–Crippen LogP) is 2.03. The van der Waals surface area contributed by atoms with E-state index >= 15 is 0 Å². The standard InChI is InChI=1S/C21H24N4O6S/c1-4-24(5-2)32(29,30)18-11-14(9-10-17(18)31-3)20(27)23-15-7-6-8-16(12-15)25-19(26)13-22-21(25)28/h6-12H,4-5,13H2,1-3H3,(H,22,28)(H,23,27). The fourth-order valence-electron chi connectivity index (χ4n) is 3.33. The molecular weight excluding hydrogens is 436 g/mol. The van der Waals surface area contributed by atoms with Gasteiger partial charge in [0.25, 0.3) is 11.8 Å². The largest absolute Gasteiger partial charge is 0.495 e. The molecule has 10 nitrogen and oxygen atoms in total. The number of hydrogen-bond donors (Lipinski definition) is 2. The number of hydrogen-bond acceptors (Lipinski definition) is 6. The van der Waals surface area contributed by atoms with E-state index in [9.17, 15) is 22.8 Å². The molecule has 0 bridgehead atoms. The Morgan fingerprint density at radius 3 is 2.47 bits per heavy atom. The zero-order chi connectivity index (χ0) is 23.5. The maximum atomic E-state index is 13.0. The molecule has 2 N–H and O–H groups in total. The number of benzene rings is 2. The van der Waals surface area contributed by atoms with Crippen LogP contribution < -0.4 is 20.3 Å². The molecule has 1 heterocycles. The molecule has 0 aromatic heterocycles. The number of carbonyl (C=O) groups is 3. The van der Waals surface area contributed by atoms with Crippen LogP contribution in [0.1, 0.15) is 24.2 Å². The van der Waals surface area contributed by atoms with Crippen molar-refractivity contribution in [2.75, 3.05) is 37.0 Å². The molecule has 1 fully saturated rings. The molecule has 32 heavy (non-hydrogen) atoms. The Hall–Kier alpha value is -3.44. The normalized spacial score (nSPS) is 13.9. The minimum Gasteiger partial charge on any atom is -0.495 e. The Balaban J connectivity index is 1.90. The third-order valence-corrected chi connectivity index (χ3v) is 7.03. The molecule has 1 aliphatic heterocycles. The van der Waals surface area contributed by atoms with Gasteiger partial charge < -0.3 is 15.4 Å². The highest BCUT2D eigenvalue weighted by molar-refractivity contribution is 7.89. The lowest BCUT2D eigenvalue weighted by atomic mass is 10.2. The van der Waals surface area contributed by atoms with Gasteiger partial charge in [0.2, 0.25) is 10.0 Å². The molecule has 1 saturated heterocycles. The van der Waals surface area contributed by atoms with Crippen molar-refractivity contribution >= 4 is 39.2 Å². The molecule has 0 aliphatic carbocycles. The number of ether oxygens (including phenoxy) is 1. The number of nitrogens with one attached hydrogen (secondary N) is 2. The highest BCUT2D eigenvalue weighted by Crippen LogP contribution is 2.28. The summed E-state index contributed by atoms with van der Waals surface area (Å²) < 4.78 is 32.5. The van der Waals surface area contributed by atoms with Gasteiger partial charge in [-0.15, -0.1) is 0 Å². The lowest BCUT2D eigenvalue weighted by Gasteiger charge is -2.20. The maximum Gasteiger partial charge on any atom is 0.329 e. The topological polar surface area (TPSA) is 125 Å². The van der Waals surface area contributed by atoms with Crippen molar-refractivity contribution in [1.29, 1.82) is 0 Å². The molecule has 0 atom stereocenters. The number of sulfonamides is 1. The first-order valence-electron chi connectivity index (χ1n) is 9.93. The number of rotatable bonds is 8. The third-order valence-electron chi connectivity index (χ3n) is 4.95. The second-order valence-corrected chi connectivity index (χ2v) is 8.75. The van der Waals surface area contributed by atoms with Gasteiger partial charge in [-0.2, -0.15) is 4.31 Å². The van der Waals surface area contributed by atoms with E-state index in [2.05, 4.69) is 10.6 Å². The van der Waals surface area contributed by atoms with Crippen LogP contribution in [0.4, 0.5) is 16.2 Å². The van der Waals surface area contributed by atoms with Crippen LogP contribution in [0.5, 0.6) is 5.75 Å². The van der Waals surface area contributed by atoms with Gasteiger partial charge in [-0.05, 0) is 36.4 Å². The van der Waals surface area contributed by atoms with Crippen LogP contribution in [0.15, 0.2) is 47.4 Å². The second-order valence-electron chi connectivity index (χ2n) is 6.85. The van der Waals surface area contributed by atoms with Crippen LogP contribution >= 0.6 is 0 Å². The molecule has 11 heteroatoms. The van der Waals surface area contributed by atoms with E-state index in [4.69, 9.17) is 4.74 Å². The number of amides is 4. The third kappa shape index (κ3) is 4.43. The van der Waals surface area contributed by atoms with E-state index in [0.29, 0.717) is 11.4 Å². The molecule has 2 aromatic carbocycles. The summed E-state index contributed by atoms with van der Waals surface area (Å²) in [5.41, 5.74) is 0.753. The monoisotopic (exact) mass is 460 g/mol. The first-order chi connectivity index (χ1) is 15.2. The number of urea groups is 1. The first kappa shape index (κ1) is 23.2. The molecule has 0 unspecified atom stereocenters. The fraction of sp³-hybridized carbons (Fsp3) is 0.286. The van der Waals surface area contributed by atoms with E-state index in [-0.39, 0.29) is 35.8 Å². The molecule has 2 aromatic rings. The van der Waals surface area contributed by atoms with E-state index in [1.54, 1.807) is 32.0 Å². The van der Waals surface area contributed by atoms with Gasteiger partial charge in [0.15, 0.2) is 0 Å². The van der Waals surface area contributed by atoms with Gasteiger partial charge in [0, 0.05) is 24.3 Å². The number of carbonyl (C=O) groups excluding carboxylic acids is 3. The summed E-state index contributed by atoms with van der Waals surface area (Å²) in [5, 5.41) is 5.10. The van der Waals surface area contributed by atoms with Crippen LogP contribution in [-0.2, 0) is 14.8 Å². The molecule has 0 spiro atoms. The summed E-state index contributed by atoms with van der Waals surface area (Å²) in [7, 11) is -2.50. The maximum absolute atomic E-state index is 13.0. The van der Waals surface area contributed by atoms with Gasteiger partial charge in [-0.3, -0.25) is 9.59 Å². The van der Waals surface area contributed by atoms with Crippen molar-refractivity contribution in [3.63, 3.8) is 0 Å². The van der Waals surface area contributed by atoms with Crippen molar-refractivity contribution in [2.24, 2.45) is 0 Å². The van der Waals surface area contributed by atoms with Crippen molar-refractivity contribution in [3.8, 4) is 5.75 Å². The minimum absolute atomic E-state index is 0.0922. The van der Waals surface area contributed by atoms with Gasteiger partial charge in [-0.1, -0.05) is 19.9 Å². The van der Waals surface area contributed by atoms with Gasteiger partial charge >= 0.3 is 6.03 Å². The average molecular weight is 461 g/mol. The van der Waals surface area contributed by atoms with Crippen molar-refractivity contribution < 1.29 is 27.5 Å². The Kier molecular flexibility index (Phi) is 6.80. The predicted molar refractivity (Wildman–Crippen MR) is 118 cm³/mol. The van der Waals surface area contributed by atoms with E-state index < -0.39 is 27.9 Å². The van der Waals surface area contributed by atoms with Crippen molar-refractivity contribution in [1.82, 2.24) is 9.62 Å². The van der Waals surface area contributed by atoms with Gasteiger partial charge in [0.1, 0.15) is 10.6 Å². The zero-order valence-electron chi connectivity index (χ0n) is 17.9. The van der Waals surface area contributed by atoms with E-state index in [1.807, 2.05) is 0 Å². The fourth-order valence-corrected chi connectivity index (χ4v) is 4.97. The molecule has 3 rings (SSSR count). The SMILES string of the molecule is CCN(CC)S(=O)(=O)c1cc(C(=O)Nc2cccc(N3C(=O)CNC3=O)c2)ccc1OC. The summed E-state index contributed by atoms with van der Waals surface area (Å²) >= 11 is 0. The molecule has 170 valence electrons.